The lowest BCUT2D eigenvalue weighted by atomic mass is 10.1. The van der Waals surface area contributed by atoms with Crippen molar-refractivity contribution in [3.8, 4) is 0 Å². The Morgan fingerprint density at radius 1 is 1.13 bits per heavy atom. The van der Waals surface area contributed by atoms with E-state index in [2.05, 4.69) is 0 Å². The van der Waals surface area contributed by atoms with E-state index in [-0.39, 0.29) is 17.8 Å². The topological polar surface area (TPSA) is 37.4 Å². The van der Waals surface area contributed by atoms with Crippen LogP contribution >= 0.6 is 0 Å². The molecule has 0 aliphatic heterocycles. The van der Waals surface area contributed by atoms with Crippen LogP contribution in [0, 0.1) is 5.82 Å². The van der Waals surface area contributed by atoms with Crippen LogP contribution in [0.25, 0.3) is 0 Å². The first-order valence-electron chi connectivity index (χ1n) is 7.53. The summed E-state index contributed by atoms with van der Waals surface area (Å²) in [4.78, 5) is 15.3. The molecule has 1 fully saturated rings. The monoisotopic (exact) mass is 331 g/mol. The Hall–Kier alpha value is -2.01. The minimum Gasteiger partial charge on any atom is -0.331 e. The zero-order valence-corrected chi connectivity index (χ0v) is 13.7. The maximum atomic E-state index is 13.0. The van der Waals surface area contributed by atoms with Crippen molar-refractivity contribution in [2.45, 2.75) is 30.3 Å². The molecule has 0 saturated heterocycles. The predicted molar refractivity (Wildman–Crippen MR) is 88.1 cm³/mol. The molecule has 120 valence electrons. The highest BCUT2D eigenvalue weighted by Gasteiger charge is 2.33. The number of rotatable bonds is 5. The van der Waals surface area contributed by atoms with Gasteiger partial charge in [-0.2, -0.15) is 0 Å². The zero-order chi connectivity index (χ0) is 16.4. The molecule has 1 amide bonds. The molecule has 1 aliphatic rings. The van der Waals surface area contributed by atoms with Crippen LogP contribution in [-0.4, -0.2) is 27.3 Å². The lowest BCUT2D eigenvalue weighted by Crippen LogP contribution is -2.32. The van der Waals surface area contributed by atoms with Crippen molar-refractivity contribution in [3.05, 3.63) is 65.5 Å². The van der Waals surface area contributed by atoms with Gasteiger partial charge in [0.15, 0.2) is 0 Å². The molecule has 1 unspecified atom stereocenters. The lowest BCUT2D eigenvalue weighted by Gasteiger charge is -2.23. The summed E-state index contributed by atoms with van der Waals surface area (Å²) < 4.78 is 24.4. The van der Waals surface area contributed by atoms with Gasteiger partial charge in [0.25, 0.3) is 5.91 Å². The average molecular weight is 331 g/mol. The lowest BCUT2D eigenvalue weighted by molar-refractivity contribution is 0.0730. The fourth-order valence-electron chi connectivity index (χ4n) is 2.49. The second-order valence-electron chi connectivity index (χ2n) is 5.77. The first-order chi connectivity index (χ1) is 11.0. The summed E-state index contributed by atoms with van der Waals surface area (Å²) in [6.07, 6.45) is 3.62. The molecule has 1 aliphatic carbocycles. The average Bonchev–Trinajstić information content (AvgIpc) is 3.38. The second-order valence-corrected chi connectivity index (χ2v) is 7.15. The molecule has 2 aromatic rings. The van der Waals surface area contributed by atoms with E-state index >= 15 is 0 Å². The summed E-state index contributed by atoms with van der Waals surface area (Å²) in [5.74, 6) is -0.313. The number of carbonyl (C=O) groups excluding carboxylic acids is 1. The van der Waals surface area contributed by atoms with Crippen LogP contribution in [0.4, 0.5) is 4.39 Å². The van der Waals surface area contributed by atoms with E-state index in [0.717, 1.165) is 18.4 Å². The van der Waals surface area contributed by atoms with E-state index in [1.54, 1.807) is 42.7 Å². The number of benzene rings is 2. The normalized spacial score (nSPS) is 15.2. The minimum atomic E-state index is -1.05. The fraction of sp³-hybridized carbons (Fsp3) is 0.278. The quantitative estimate of drug-likeness (QED) is 0.842. The molecule has 3 nitrogen and oxygen atoms in total. The van der Waals surface area contributed by atoms with Crippen molar-refractivity contribution < 1.29 is 13.4 Å². The van der Waals surface area contributed by atoms with Crippen molar-refractivity contribution in [1.82, 2.24) is 4.90 Å². The molecule has 0 bridgehead atoms. The zero-order valence-electron chi connectivity index (χ0n) is 12.9. The van der Waals surface area contributed by atoms with Crippen LogP contribution < -0.4 is 0 Å². The highest BCUT2D eigenvalue weighted by molar-refractivity contribution is 7.84. The van der Waals surface area contributed by atoms with E-state index < -0.39 is 10.8 Å². The SMILES string of the molecule is CS(=O)c1ccc(C(=O)N(Cc2ccc(F)cc2)C2CC2)cc1. The molecular weight excluding hydrogens is 313 g/mol. The van der Waals surface area contributed by atoms with Gasteiger partial charge >= 0.3 is 0 Å². The maximum Gasteiger partial charge on any atom is 0.254 e. The number of hydrogen-bond acceptors (Lipinski definition) is 2. The molecule has 1 atom stereocenters. The van der Waals surface area contributed by atoms with Gasteiger partial charge in [0.1, 0.15) is 5.82 Å². The molecular formula is C18H18FNO2S. The Labute approximate surface area is 137 Å². The van der Waals surface area contributed by atoms with Crippen LogP contribution in [0.5, 0.6) is 0 Å². The van der Waals surface area contributed by atoms with Crippen LogP contribution in [-0.2, 0) is 17.3 Å². The smallest absolute Gasteiger partial charge is 0.254 e. The number of nitrogens with zero attached hydrogens (tertiary/aromatic N) is 1. The van der Waals surface area contributed by atoms with Crippen molar-refractivity contribution >= 4 is 16.7 Å². The summed E-state index contributed by atoms with van der Waals surface area (Å²) in [5, 5.41) is 0. The van der Waals surface area contributed by atoms with Crippen molar-refractivity contribution in [2.75, 3.05) is 6.26 Å². The first-order valence-corrected chi connectivity index (χ1v) is 9.09. The third-order valence-corrected chi connectivity index (χ3v) is 4.88. The molecule has 0 N–H and O–H groups in total. The summed E-state index contributed by atoms with van der Waals surface area (Å²) in [5.41, 5.74) is 1.51. The Balaban J connectivity index is 1.78. The fourth-order valence-corrected chi connectivity index (χ4v) is 3.01. The van der Waals surface area contributed by atoms with Crippen LogP contribution in [0.1, 0.15) is 28.8 Å². The third-order valence-electron chi connectivity index (χ3n) is 3.95. The number of halogens is 1. The van der Waals surface area contributed by atoms with Gasteiger partial charge in [-0.05, 0) is 54.8 Å². The van der Waals surface area contributed by atoms with E-state index in [1.807, 2.05) is 4.90 Å². The Morgan fingerprint density at radius 2 is 1.74 bits per heavy atom. The number of amides is 1. The van der Waals surface area contributed by atoms with E-state index in [0.29, 0.717) is 17.0 Å². The second kappa shape index (κ2) is 6.62. The largest absolute Gasteiger partial charge is 0.331 e. The molecule has 0 radical (unpaired) electrons. The minimum absolute atomic E-state index is 0.0368. The molecule has 0 aromatic heterocycles. The molecule has 3 rings (SSSR count). The highest BCUT2D eigenvalue weighted by Crippen LogP contribution is 2.30. The number of carbonyl (C=O) groups is 1. The standard InChI is InChI=1S/C18H18FNO2S/c1-23(22)17-10-4-14(5-11-17)18(21)20(16-8-9-16)12-13-2-6-15(19)7-3-13/h2-7,10-11,16H,8-9,12H2,1H3. The molecule has 5 heteroatoms. The summed E-state index contributed by atoms with van der Waals surface area (Å²) in [6, 6.07) is 13.4. The van der Waals surface area contributed by atoms with Crippen LogP contribution in [0.2, 0.25) is 0 Å². The summed E-state index contributed by atoms with van der Waals surface area (Å²) in [6.45, 7) is 0.477. The van der Waals surface area contributed by atoms with Gasteiger partial charge in [-0.3, -0.25) is 9.00 Å². The Bertz CT molecular complexity index is 724. The van der Waals surface area contributed by atoms with Crippen LogP contribution in [0.3, 0.4) is 0 Å². The van der Waals surface area contributed by atoms with E-state index in [4.69, 9.17) is 0 Å². The first kappa shape index (κ1) is 15.9. The maximum absolute atomic E-state index is 13.0. The van der Waals surface area contributed by atoms with Gasteiger partial charge in [0.2, 0.25) is 0 Å². The van der Waals surface area contributed by atoms with Gasteiger partial charge < -0.3 is 4.90 Å². The van der Waals surface area contributed by atoms with Gasteiger partial charge in [-0.15, -0.1) is 0 Å². The Kier molecular flexibility index (Phi) is 4.57. The number of hydrogen-bond donors (Lipinski definition) is 0. The van der Waals surface area contributed by atoms with Crippen molar-refractivity contribution in [2.24, 2.45) is 0 Å². The van der Waals surface area contributed by atoms with Gasteiger partial charge in [0.05, 0.1) is 0 Å². The summed E-state index contributed by atoms with van der Waals surface area (Å²) in [7, 11) is -1.05. The van der Waals surface area contributed by atoms with E-state index in [1.165, 1.54) is 12.1 Å². The van der Waals surface area contributed by atoms with E-state index in [9.17, 15) is 13.4 Å². The predicted octanol–water partition coefficient (Wildman–Crippen LogP) is 3.37. The molecule has 0 spiro atoms. The van der Waals surface area contributed by atoms with Crippen molar-refractivity contribution in [1.29, 1.82) is 0 Å². The Morgan fingerprint density at radius 3 is 2.26 bits per heavy atom. The molecule has 0 heterocycles. The molecule has 2 aromatic carbocycles. The summed E-state index contributed by atoms with van der Waals surface area (Å²) >= 11 is 0. The van der Waals surface area contributed by atoms with Gasteiger partial charge in [-0.25, -0.2) is 4.39 Å². The third kappa shape index (κ3) is 3.85. The molecule has 1 saturated carbocycles. The van der Waals surface area contributed by atoms with Crippen molar-refractivity contribution in [3.63, 3.8) is 0 Å². The van der Waals surface area contributed by atoms with Gasteiger partial charge in [-0.1, -0.05) is 12.1 Å². The highest BCUT2D eigenvalue weighted by atomic mass is 32.2. The molecule has 23 heavy (non-hydrogen) atoms. The van der Waals surface area contributed by atoms with Gasteiger partial charge in [0, 0.05) is 40.1 Å². The van der Waals surface area contributed by atoms with Crippen LogP contribution in [0.15, 0.2) is 53.4 Å².